The average Bonchev–Trinajstić information content (AvgIpc) is 3.09. The van der Waals surface area contributed by atoms with Crippen LogP contribution in [0.2, 0.25) is 10.0 Å². The van der Waals surface area contributed by atoms with Crippen LogP contribution in [0.4, 0.5) is 5.82 Å². The molecule has 1 saturated heterocycles. The maximum absolute atomic E-state index is 12.8. The molecule has 1 aromatic heterocycles. The Morgan fingerprint density at radius 2 is 1.65 bits per heavy atom. The molecule has 2 aromatic rings. The second-order valence-electron chi connectivity index (χ2n) is 7.01. The van der Waals surface area contributed by atoms with Gasteiger partial charge >= 0.3 is 0 Å². The number of benzene rings is 1. The third-order valence-electron chi connectivity index (χ3n) is 5.41. The minimum atomic E-state index is -0.181. The van der Waals surface area contributed by atoms with Crippen molar-refractivity contribution in [2.24, 2.45) is 11.8 Å². The van der Waals surface area contributed by atoms with E-state index in [0.717, 1.165) is 36.9 Å². The van der Waals surface area contributed by atoms with Gasteiger partial charge in [-0.2, -0.15) is 5.10 Å². The SMILES string of the molecule is Cc1cc(N2C(=O)[C@H]3CCCC[C@H]3C2=O)nn1Cc1c(Cl)cccc1Cl. The van der Waals surface area contributed by atoms with Gasteiger partial charge in [0.15, 0.2) is 5.82 Å². The minimum absolute atomic E-state index is 0.111. The first-order valence-electron chi connectivity index (χ1n) is 8.82. The van der Waals surface area contributed by atoms with E-state index >= 15 is 0 Å². The second-order valence-corrected chi connectivity index (χ2v) is 7.83. The number of amides is 2. The molecule has 0 N–H and O–H groups in total. The topological polar surface area (TPSA) is 55.2 Å². The summed E-state index contributed by atoms with van der Waals surface area (Å²) < 4.78 is 1.73. The predicted octanol–water partition coefficient (Wildman–Crippen LogP) is 4.23. The Bertz CT molecular complexity index is 849. The third kappa shape index (κ3) is 2.83. The van der Waals surface area contributed by atoms with Crippen LogP contribution < -0.4 is 4.90 Å². The molecule has 4 rings (SSSR count). The molecular weight excluding hydrogens is 373 g/mol. The van der Waals surface area contributed by atoms with Crippen molar-refractivity contribution < 1.29 is 9.59 Å². The number of hydrogen-bond acceptors (Lipinski definition) is 3. The standard InChI is InChI=1S/C19H19Cl2N3O2/c1-11-9-17(22-23(11)10-14-15(20)7-4-8-16(14)21)24-18(25)12-5-2-3-6-13(12)19(24)26/h4,7-9,12-13H,2-3,5-6,10H2,1H3/t12-,13+. The van der Waals surface area contributed by atoms with Gasteiger partial charge in [0, 0.05) is 27.4 Å². The first kappa shape index (κ1) is 17.6. The van der Waals surface area contributed by atoms with Gasteiger partial charge in [0.2, 0.25) is 11.8 Å². The molecule has 2 atom stereocenters. The third-order valence-corrected chi connectivity index (χ3v) is 6.12. The molecule has 5 nitrogen and oxygen atoms in total. The Balaban J connectivity index is 1.65. The monoisotopic (exact) mass is 391 g/mol. The number of aromatic nitrogens is 2. The summed E-state index contributed by atoms with van der Waals surface area (Å²) in [7, 11) is 0. The molecule has 136 valence electrons. The van der Waals surface area contributed by atoms with E-state index in [0.29, 0.717) is 22.4 Å². The molecule has 0 bridgehead atoms. The Labute approximate surface area is 161 Å². The summed E-state index contributed by atoms with van der Waals surface area (Å²) in [6.07, 6.45) is 3.60. The van der Waals surface area contributed by atoms with Crippen LogP contribution in [-0.2, 0) is 16.1 Å². The molecule has 2 amide bonds. The van der Waals surface area contributed by atoms with Crippen LogP contribution in [0, 0.1) is 18.8 Å². The van der Waals surface area contributed by atoms with Crippen molar-refractivity contribution >= 4 is 40.8 Å². The van der Waals surface area contributed by atoms with E-state index in [1.54, 1.807) is 28.9 Å². The molecule has 1 aliphatic heterocycles. The largest absolute Gasteiger partial charge is 0.274 e. The van der Waals surface area contributed by atoms with Crippen molar-refractivity contribution in [3.8, 4) is 0 Å². The lowest BCUT2D eigenvalue weighted by Crippen LogP contribution is -2.31. The zero-order valence-electron chi connectivity index (χ0n) is 14.4. The quantitative estimate of drug-likeness (QED) is 0.735. The maximum atomic E-state index is 12.8. The van der Waals surface area contributed by atoms with Gasteiger partial charge in [-0.15, -0.1) is 0 Å². The van der Waals surface area contributed by atoms with Crippen molar-refractivity contribution in [2.75, 3.05) is 4.90 Å². The molecule has 0 unspecified atom stereocenters. The van der Waals surface area contributed by atoms with Crippen LogP contribution in [0.5, 0.6) is 0 Å². The Hall–Kier alpha value is -1.85. The summed E-state index contributed by atoms with van der Waals surface area (Å²) in [5.74, 6) is -0.185. The molecular formula is C19H19Cl2N3O2. The summed E-state index contributed by atoms with van der Waals surface area (Å²) in [5.41, 5.74) is 1.60. The molecule has 0 radical (unpaired) electrons. The highest BCUT2D eigenvalue weighted by Crippen LogP contribution is 2.40. The highest BCUT2D eigenvalue weighted by atomic mass is 35.5. The second kappa shape index (κ2) is 6.71. The van der Waals surface area contributed by atoms with Crippen molar-refractivity contribution in [1.82, 2.24) is 9.78 Å². The van der Waals surface area contributed by atoms with Gasteiger partial charge in [-0.3, -0.25) is 14.3 Å². The van der Waals surface area contributed by atoms with E-state index in [1.807, 2.05) is 6.92 Å². The maximum Gasteiger partial charge on any atom is 0.238 e. The zero-order chi connectivity index (χ0) is 18.4. The van der Waals surface area contributed by atoms with Gasteiger partial charge in [0.25, 0.3) is 0 Å². The van der Waals surface area contributed by atoms with Crippen molar-refractivity contribution in [3.63, 3.8) is 0 Å². The van der Waals surface area contributed by atoms with Crippen LogP contribution in [0.15, 0.2) is 24.3 Å². The summed E-state index contributed by atoms with van der Waals surface area (Å²) in [4.78, 5) is 26.8. The average molecular weight is 392 g/mol. The molecule has 2 fully saturated rings. The van der Waals surface area contributed by atoms with Gasteiger partial charge in [-0.25, -0.2) is 4.90 Å². The number of nitrogens with zero attached hydrogens (tertiary/aromatic N) is 3. The molecule has 1 aromatic carbocycles. The van der Waals surface area contributed by atoms with Crippen LogP contribution >= 0.6 is 23.2 Å². The lowest BCUT2D eigenvalue weighted by molar-refractivity contribution is -0.122. The summed E-state index contributed by atoms with van der Waals surface area (Å²) in [6.45, 7) is 2.27. The van der Waals surface area contributed by atoms with E-state index in [-0.39, 0.29) is 23.7 Å². The fourth-order valence-electron chi connectivity index (χ4n) is 3.98. The Morgan fingerprint density at radius 3 is 2.23 bits per heavy atom. The van der Waals surface area contributed by atoms with E-state index in [2.05, 4.69) is 5.10 Å². The van der Waals surface area contributed by atoms with Crippen LogP contribution in [0.1, 0.15) is 36.9 Å². The smallest absolute Gasteiger partial charge is 0.238 e. The van der Waals surface area contributed by atoms with Crippen LogP contribution in [0.3, 0.4) is 0 Å². The number of carbonyl (C=O) groups excluding carboxylic acids is 2. The number of anilines is 1. The van der Waals surface area contributed by atoms with Crippen molar-refractivity contribution in [2.45, 2.75) is 39.2 Å². The van der Waals surface area contributed by atoms with Crippen molar-refractivity contribution in [1.29, 1.82) is 0 Å². The molecule has 26 heavy (non-hydrogen) atoms. The van der Waals surface area contributed by atoms with Gasteiger partial charge in [-0.1, -0.05) is 42.1 Å². The molecule has 7 heteroatoms. The number of imide groups is 1. The van der Waals surface area contributed by atoms with Crippen molar-refractivity contribution in [3.05, 3.63) is 45.6 Å². The molecule has 1 saturated carbocycles. The first-order chi connectivity index (χ1) is 12.5. The predicted molar refractivity (Wildman–Crippen MR) is 100 cm³/mol. The lowest BCUT2D eigenvalue weighted by Gasteiger charge is -2.19. The Morgan fingerprint density at radius 1 is 1.08 bits per heavy atom. The summed E-state index contributed by atoms with van der Waals surface area (Å²) in [6, 6.07) is 7.12. The normalized spacial score (nSPS) is 22.8. The van der Waals surface area contributed by atoms with Gasteiger partial charge in [0.05, 0.1) is 18.4 Å². The van der Waals surface area contributed by atoms with Crippen LogP contribution in [0.25, 0.3) is 0 Å². The highest BCUT2D eigenvalue weighted by molar-refractivity contribution is 6.36. The zero-order valence-corrected chi connectivity index (χ0v) is 15.9. The van der Waals surface area contributed by atoms with E-state index in [9.17, 15) is 9.59 Å². The number of fused-ring (bicyclic) bond motifs is 1. The molecule has 2 aliphatic rings. The summed E-state index contributed by atoms with van der Waals surface area (Å²) >= 11 is 12.5. The molecule has 2 heterocycles. The number of carbonyl (C=O) groups is 2. The fraction of sp³-hybridized carbons (Fsp3) is 0.421. The van der Waals surface area contributed by atoms with E-state index < -0.39 is 0 Å². The first-order valence-corrected chi connectivity index (χ1v) is 9.58. The number of halogens is 2. The molecule has 1 aliphatic carbocycles. The number of rotatable bonds is 3. The summed E-state index contributed by atoms with van der Waals surface area (Å²) in [5, 5.41) is 5.64. The van der Waals surface area contributed by atoms with E-state index in [1.165, 1.54) is 4.90 Å². The van der Waals surface area contributed by atoms with Crippen LogP contribution in [-0.4, -0.2) is 21.6 Å². The molecule has 0 spiro atoms. The Kier molecular flexibility index (Phi) is 4.53. The van der Waals surface area contributed by atoms with E-state index in [4.69, 9.17) is 23.2 Å². The highest BCUT2D eigenvalue weighted by Gasteiger charge is 2.49. The fourth-order valence-corrected chi connectivity index (χ4v) is 4.50. The van der Waals surface area contributed by atoms with Gasteiger partial charge in [0.1, 0.15) is 0 Å². The number of hydrogen-bond donors (Lipinski definition) is 0. The number of aryl methyl sites for hydroxylation is 1. The van der Waals surface area contributed by atoms with Gasteiger partial charge < -0.3 is 0 Å². The lowest BCUT2D eigenvalue weighted by atomic mass is 9.81. The van der Waals surface area contributed by atoms with Gasteiger partial charge in [-0.05, 0) is 31.9 Å². The minimum Gasteiger partial charge on any atom is -0.274 e.